The molecule has 0 aromatic carbocycles. The quantitative estimate of drug-likeness (QED) is 0.838. The van der Waals surface area contributed by atoms with Crippen LogP contribution in [-0.2, 0) is 11.3 Å². The fourth-order valence-corrected chi connectivity index (χ4v) is 3.02. The first kappa shape index (κ1) is 17.4. The molecule has 132 valence electrons. The van der Waals surface area contributed by atoms with Gasteiger partial charge < -0.3 is 14.9 Å². The lowest BCUT2D eigenvalue weighted by molar-refractivity contribution is -0.132. The van der Waals surface area contributed by atoms with Crippen molar-refractivity contribution < 1.29 is 14.7 Å². The molecule has 3 heterocycles. The molecule has 1 aliphatic heterocycles. The van der Waals surface area contributed by atoms with Gasteiger partial charge in [0.05, 0.1) is 16.2 Å². The van der Waals surface area contributed by atoms with Crippen molar-refractivity contribution in [2.45, 2.75) is 6.54 Å². The summed E-state index contributed by atoms with van der Waals surface area (Å²) in [6.07, 6.45) is 2.76. The van der Waals surface area contributed by atoms with Gasteiger partial charge in [-0.05, 0) is 6.07 Å². The number of piperazine rings is 1. The first-order valence-electron chi connectivity index (χ1n) is 7.41. The maximum Gasteiger partial charge on any atom is 0.358 e. The van der Waals surface area contributed by atoms with E-state index < -0.39 is 5.97 Å². The molecule has 11 heteroatoms. The standard InChI is InChI=1S/C14H14Cl2N6O3/c15-9-5-10(16)13(17-6-9)21-3-1-20(2-4-21)12(23)8-22-7-11(14(24)25)18-19-22/h5-7H,1-4,8H2,(H,24,25). The number of pyridine rings is 1. The molecule has 1 aliphatic rings. The predicted octanol–water partition coefficient (Wildman–Crippen LogP) is 1.03. The monoisotopic (exact) mass is 384 g/mol. The molecular weight excluding hydrogens is 371 g/mol. The summed E-state index contributed by atoms with van der Waals surface area (Å²) in [5.74, 6) is -0.697. The van der Waals surface area contributed by atoms with Crippen molar-refractivity contribution in [2.24, 2.45) is 0 Å². The minimum absolute atomic E-state index is 0.0553. The van der Waals surface area contributed by atoms with Crippen molar-refractivity contribution >= 4 is 40.9 Å². The minimum atomic E-state index is -1.18. The number of aromatic carboxylic acids is 1. The van der Waals surface area contributed by atoms with E-state index >= 15 is 0 Å². The number of halogens is 2. The number of amides is 1. The smallest absolute Gasteiger partial charge is 0.358 e. The fourth-order valence-electron chi connectivity index (χ4n) is 2.52. The van der Waals surface area contributed by atoms with Crippen LogP contribution in [0.3, 0.4) is 0 Å². The number of carboxylic acids is 1. The van der Waals surface area contributed by atoms with E-state index in [0.29, 0.717) is 42.0 Å². The molecule has 0 radical (unpaired) electrons. The van der Waals surface area contributed by atoms with Gasteiger partial charge in [-0.25, -0.2) is 14.5 Å². The van der Waals surface area contributed by atoms with E-state index in [1.54, 1.807) is 11.0 Å². The van der Waals surface area contributed by atoms with Gasteiger partial charge in [-0.2, -0.15) is 0 Å². The van der Waals surface area contributed by atoms with Gasteiger partial charge >= 0.3 is 5.97 Å². The third kappa shape index (κ3) is 3.99. The van der Waals surface area contributed by atoms with E-state index in [1.807, 2.05) is 4.90 Å². The molecule has 1 saturated heterocycles. The third-order valence-corrected chi connectivity index (χ3v) is 4.26. The van der Waals surface area contributed by atoms with Gasteiger partial charge in [-0.1, -0.05) is 28.4 Å². The highest BCUT2D eigenvalue weighted by Gasteiger charge is 2.24. The zero-order chi connectivity index (χ0) is 18.0. The number of carboxylic acid groups (broad SMARTS) is 1. The van der Waals surface area contributed by atoms with Crippen molar-refractivity contribution in [2.75, 3.05) is 31.1 Å². The van der Waals surface area contributed by atoms with Crippen LogP contribution in [0.25, 0.3) is 0 Å². The van der Waals surface area contributed by atoms with Crippen LogP contribution in [-0.4, -0.2) is 68.0 Å². The number of carbonyl (C=O) groups excluding carboxylic acids is 1. The van der Waals surface area contributed by atoms with Gasteiger partial charge in [0, 0.05) is 32.4 Å². The highest BCUT2D eigenvalue weighted by atomic mass is 35.5. The number of aromatic nitrogens is 4. The van der Waals surface area contributed by atoms with Crippen LogP contribution in [0.5, 0.6) is 0 Å². The molecule has 1 amide bonds. The lowest BCUT2D eigenvalue weighted by Gasteiger charge is -2.35. The second-order valence-corrected chi connectivity index (χ2v) is 6.28. The Kier molecular flexibility index (Phi) is 5.05. The summed E-state index contributed by atoms with van der Waals surface area (Å²) in [6, 6.07) is 1.63. The van der Waals surface area contributed by atoms with E-state index in [1.165, 1.54) is 17.1 Å². The number of hydrogen-bond acceptors (Lipinski definition) is 6. The zero-order valence-corrected chi connectivity index (χ0v) is 14.5. The SMILES string of the molecule is O=C(O)c1cn(CC(=O)N2CCN(c3ncc(Cl)cc3Cl)CC2)nn1. The van der Waals surface area contributed by atoms with E-state index in [9.17, 15) is 9.59 Å². The molecule has 0 aliphatic carbocycles. The highest BCUT2D eigenvalue weighted by molar-refractivity contribution is 6.36. The number of carbonyl (C=O) groups is 2. The van der Waals surface area contributed by atoms with E-state index in [2.05, 4.69) is 15.3 Å². The van der Waals surface area contributed by atoms with Crippen LogP contribution in [0.1, 0.15) is 10.5 Å². The Morgan fingerprint density at radius 2 is 1.92 bits per heavy atom. The average molecular weight is 385 g/mol. The molecule has 25 heavy (non-hydrogen) atoms. The molecule has 0 unspecified atom stereocenters. The van der Waals surface area contributed by atoms with Gasteiger partial charge in [-0.15, -0.1) is 5.10 Å². The summed E-state index contributed by atoms with van der Waals surface area (Å²) in [6.45, 7) is 2.11. The van der Waals surface area contributed by atoms with Gasteiger partial charge in [0.1, 0.15) is 12.4 Å². The lowest BCUT2D eigenvalue weighted by Crippen LogP contribution is -2.50. The summed E-state index contributed by atoms with van der Waals surface area (Å²) < 4.78 is 1.22. The Balaban J connectivity index is 1.57. The van der Waals surface area contributed by atoms with Crippen molar-refractivity contribution in [3.63, 3.8) is 0 Å². The van der Waals surface area contributed by atoms with Crippen molar-refractivity contribution in [3.8, 4) is 0 Å². The summed E-state index contributed by atoms with van der Waals surface area (Å²) in [4.78, 5) is 31.0. The molecule has 1 N–H and O–H groups in total. The molecular formula is C14H14Cl2N6O3. The first-order valence-corrected chi connectivity index (χ1v) is 8.17. The largest absolute Gasteiger partial charge is 0.476 e. The van der Waals surface area contributed by atoms with Crippen LogP contribution in [0.2, 0.25) is 10.0 Å². The summed E-state index contributed by atoms with van der Waals surface area (Å²) in [7, 11) is 0. The number of anilines is 1. The molecule has 0 bridgehead atoms. The van der Waals surface area contributed by atoms with Crippen LogP contribution in [0.4, 0.5) is 5.82 Å². The van der Waals surface area contributed by atoms with Crippen molar-refractivity contribution in [3.05, 3.63) is 34.2 Å². The Morgan fingerprint density at radius 1 is 1.20 bits per heavy atom. The van der Waals surface area contributed by atoms with E-state index in [0.717, 1.165) is 0 Å². The Hall–Kier alpha value is -2.39. The Labute approximate surface area is 152 Å². The minimum Gasteiger partial charge on any atom is -0.476 e. The topological polar surface area (TPSA) is 104 Å². The second-order valence-electron chi connectivity index (χ2n) is 5.43. The van der Waals surface area contributed by atoms with Gasteiger partial charge in [-0.3, -0.25) is 4.79 Å². The van der Waals surface area contributed by atoms with Crippen LogP contribution < -0.4 is 4.90 Å². The molecule has 0 spiro atoms. The predicted molar refractivity (Wildman–Crippen MR) is 90.0 cm³/mol. The summed E-state index contributed by atoms with van der Waals surface area (Å²) in [5, 5.41) is 16.9. The molecule has 3 rings (SSSR count). The van der Waals surface area contributed by atoms with Gasteiger partial charge in [0.15, 0.2) is 5.69 Å². The molecule has 2 aromatic rings. The Bertz CT molecular complexity index is 804. The maximum absolute atomic E-state index is 12.3. The molecule has 1 fully saturated rings. The van der Waals surface area contributed by atoms with Crippen molar-refractivity contribution in [1.82, 2.24) is 24.9 Å². The van der Waals surface area contributed by atoms with Crippen LogP contribution in [0.15, 0.2) is 18.5 Å². The number of rotatable bonds is 4. The summed E-state index contributed by atoms with van der Waals surface area (Å²) in [5.41, 5.74) is -0.193. The van der Waals surface area contributed by atoms with Gasteiger partial charge in [0.2, 0.25) is 5.91 Å². The second kappa shape index (κ2) is 7.24. The lowest BCUT2D eigenvalue weighted by atomic mass is 10.3. The number of nitrogens with zero attached hydrogens (tertiary/aromatic N) is 6. The van der Waals surface area contributed by atoms with Gasteiger partial charge in [0.25, 0.3) is 0 Å². The molecule has 2 aromatic heterocycles. The van der Waals surface area contributed by atoms with E-state index in [-0.39, 0.29) is 18.1 Å². The van der Waals surface area contributed by atoms with E-state index in [4.69, 9.17) is 28.3 Å². The average Bonchev–Trinajstić information content (AvgIpc) is 3.04. The van der Waals surface area contributed by atoms with Crippen molar-refractivity contribution in [1.29, 1.82) is 0 Å². The maximum atomic E-state index is 12.3. The number of hydrogen-bond donors (Lipinski definition) is 1. The highest BCUT2D eigenvalue weighted by Crippen LogP contribution is 2.26. The third-order valence-electron chi connectivity index (χ3n) is 3.78. The fraction of sp³-hybridized carbons (Fsp3) is 0.357. The molecule has 9 nitrogen and oxygen atoms in total. The summed E-state index contributed by atoms with van der Waals surface area (Å²) >= 11 is 12.0. The molecule has 0 atom stereocenters. The van der Waals surface area contributed by atoms with Crippen LogP contribution in [0, 0.1) is 0 Å². The first-order chi connectivity index (χ1) is 11.9. The normalized spacial score (nSPS) is 14.6. The Morgan fingerprint density at radius 3 is 2.52 bits per heavy atom. The zero-order valence-electron chi connectivity index (χ0n) is 13.0. The molecule has 0 saturated carbocycles. The van der Waals surface area contributed by atoms with Crippen LogP contribution >= 0.6 is 23.2 Å².